The zero-order valence-corrected chi connectivity index (χ0v) is 12.9. The number of furan rings is 1. The van der Waals surface area contributed by atoms with Crippen LogP contribution in [0.25, 0.3) is 10.6 Å². The highest BCUT2D eigenvalue weighted by Crippen LogP contribution is 2.29. The van der Waals surface area contributed by atoms with Gasteiger partial charge >= 0.3 is 5.97 Å². The molecule has 112 valence electrons. The zero-order chi connectivity index (χ0) is 15.6. The molecule has 6 heteroatoms. The number of carbonyl (C=O) groups is 2. The second-order valence-electron chi connectivity index (χ2n) is 5.02. The number of hydrogen-bond donors (Lipinski definition) is 2. The van der Waals surface area contributed by atoms with Crippen LogP contribution >= 0.6 is 11.3 Å². The maximum Gasteiger partial charge on any atom is 0.329 e. The largest absolute Gasteiger partial charge is 0.480 e. The molecule has 0 aliphatic rings. The molecule has 1 atom stereocenters. The Morgan fingerprint density at radius 3 is 2.57 bits per heavy atom. The molecule has 5 nitrogen and oxygen atoms in total. The first-order valence-electron chi connectivity index (χ1n) is 6.58. The number of carboxylic acids is 1. The molecule has 0 saturated carbocycles. The number of rotatable bonds is 5. The third kappa shape index (κ3) is 3.16. The zero-order valence-electron chi connectivity index (χ0n) is 12.1. The van der Waals surface area contributed by atoms with Gasteiger partial charge in [-0.2, -0.15) is 0 Å². The Balaban J connectivity index is 2.18. The number of amides is 1. The van der Waals surface area contributed by atoms with E-state index in [9.17, 15) is 14.7 Å². The van der Waals surface area contributed by atoms with Crippen LogP contribution in [0.3, 0.4) is 0 Å². The number of aryl methyl sites for hydroxylation is 1. The number of hydrogen-bond acceptors (Lipinski definition) is 4. The molecule has 2 rings (SSSR count). The molecule has 2 N–H and O–H groups in total. The fourth-order valence-electron chi connectivity index (χ4n) is 1.76. The first kappa shape index (κ1) is 15.3. The number of thiophene rings is 1. The summed E-state index contributed by atoms with van der Waals surface area (Å²) in [5.74, 6) is 0.0694. The van der Waals surface area contributed by atoms with Gasteiger partial charge in [-0.25, -0.2) is 4.79 Å². The van der Waals surface area contributed by atoms with Crippen LogP contribution in [-0.2, 0) is 4.79 Å². The van der Waals surface area contributed by atoms with Crippen LogP contribution in [0.4, 0.5) is 0 Å². The highest BCUT2D eigenvalue weighted by atomic mass is 32.1. The van der Waals surface area contributed by atoms with Gasteiger partial charge < -0.3 is 14.8 Å². The monoisotopic (exact) mass is 307 g/mol. The summed E-state index contributed by atoms with van der Waals surface area (Å²) >= 11 is 1.27. The predicted octanol–water partition coefficient (Wildman–Crippen LogP) is 3.30. The molecular formula is C15H17NO4S. The standard InChI is InChI=1S/C15H17NO4S/c1-4-15(3,14(18)19)16-13(17)12-8-7-11(21-12)10-6-5-9(2)20-10/h5-8H,4H2,1-3H3,(H,16,17)(H,18,19). The summed E-state index contributed by atoms with van der Waals surface area (Å²) in [6, 6.07) is 7.16. The summed E-state index contributed by atoms with van der Waals surface area (Å²) in [6.07, 6.45) is 0.309. The summed E-state index contributed by atoms with van der Waals surface area (Å²) in [5, 5.41) is 11.8. The van der Waals surface area contributed by atoms with Gasteiger partial charge in [0, 0.05) is 0 Å². The van der Waals surface area contributed by atoms with Crippen LogP contribution < -0.4 is 5.32 Å². The normalized spacial score (nSPS) is 13.7. The van der Waals surface area contributed by atoms with Crippen LogP contribution in [0.1, 0.15) is 35.7 Å². The van der Waals surface area contributed by atoms with E-state index in [1.165, 1.54) is 18.3 Å². The van der Waals surface area contributed by atoms with Gasteiger partial charge in [0.1, 0.15) is 17.1 Å². The van der Waals surface area contributed by atoms with Gasteiger partial charge in [0.15, 0.2) is 0 Å². The van der Waals surface area contributed by atoms with Gasteiger partial charge in [-0.1, -0.05) is 6.92 Å². The van der Waals surface area contributed by atoms with Crippen molar-refractivity contribution < 1.29 is 19.1 Å². The van der Waals surface area contributed by atoms with Crippen molar-refractivity contribution in [3.8, 4) is 10.6 Å². The Bertz CT molecular complexity index is 673. The van der Waals surface area contributed by atoms with Gasteiger partial charge in [0.25, 0.3) is 5.91 Å². The average Bonchev–Trinajstić information content (AvgIpc) is 3.06. The number of aliphatic carboxylic acids is 1. The smallest absolute Gasteiger partial charge is 0.329 e. The third-order valence-electron chi connectivity index (χ3n) is 3.38. The van der Waals surface area contributed by atoms with Crippen molar-refractivity contribution in [3.05, 3.63) is 34.9 Å². The SMILES string of the molecule is CCC(C)(NC(=O)c1ccc(-c2ccc(C)o2)s1)C(=O)O. The fraction of sp³-hybridized carbons (Fsp3) is 0.333. The molecule has 2 heterocycles. The topological polar surface area (TPSA) is 79.5 Å². The molecule has 0 aliphatic heterocycles. The Kier molecular flexibility index (Phi) is 4.18. The Labute approximate surface area is 126 Å². The molecule has 0 fully saturated rings. The van der Waals surface area contributed by atoms with Crippen molar-refractivity contribution in [3.63, 3.8) is 0 Å². The fourth-order valence-corrected chi connectivity index (χ4v) is 2.63. The molecule has 0 bridgehead atoms. The molecule has 0 aliphatic carbocycles. The van der Waals surface area contributed by atoms with Crippen LogP contribution in [0.15, 0.2) is 28.7 Å². The van der Waals surface area contributed by atoms with Gasteiger partial charge in [-0.3, -0.25) is 4.79 Å². The van der Waals surface area contributed by atoms with E-state index in [4.69, 9.17) is 4.42 Å². The first-order valence-corrected chi connectivity index (χ1v) is 7.40. The van der Waals surface area contributed by atoms with E-state index in [1.54, 1.807) is 19.1 Å². The summed E-state index contributed by atoms with van der Waals surface area (Å²) in [7, 11) is 0. The molecular weight excluding hydrogens is 290 g/mol. The van der Waals surface area contributed by atoms with E-state index >= 15 is 0 Å². The molecule has 2 aromatic rings. The highest BCUT2D eigenvalue weighted by Gasteiger charge is 2.33. The minimum absolute atomic E-state index is 0.309. The second kappa shape index (κ2) is 5.73. The lowest BCUT2D eigenvalue weighted by atomic mass is 9.99. The summed E-state index contributed by atoms with van der Waals surface area (Å²) < 4.78 is 5.51. The van der Waals surface area contributed by atoms with Crippen molar-refractivity contribution in [1.29, 1.82) is 0 Å². The quantitative estimate of drug-likeness (QED) is 0.888. The van der Waals surface area contributed by atoms with Crippen molar-refractivity contribution in [2.45, 2.75) is 32.7 Å². The minimum atomic E-state index is -1.26. The predicted molar refractivity (Wildman–Crippen MR) is 80.6 cm³/mol. The van der Waals surface area contributed by atoms with E-state index in [1.807, 2.05) is 19.1 Å². The molecule has 0 radical (unpaired) electrons. The maximum absolute atomic E-state index is 12.2. The Hall–Kier alpha value is -2.08. The molecule has 1 amide bonds. The molecule has 21 heavy (non-hydrogen) atoms. The Morgan fingerprint density at radius 1 is 1.33 bits per heavy atom. The average molecular weight is 307 g/mol. The van der Waals surface area contributed by atoms with E-state index < -0.39 is 11.5 Å². The maximum atomic E-state index is 12.2. The van der Waals surface area contributed by atoms with Crippen molar-refractivity contribution in [2.75, 3.05) is 0 Å². The van der Waals surface area contributed by atoms with Gasteiger partial charge in [0.2, 0.25) is 0 Å². The van der Waals surface area contributed by atoms with E-state index in [-0.39, 0.29) is 5.91 Å². The first-order chi connectivity index (χ1) is 9.85. The lowest BCUT2D eigenvalue weighted by molar-refractivity contribution is -0.143. The summed E-state index contributed by atoms with van der Waals surface area (Å²) in [4.78, 5) is 24.7. The molecule has 0 saturated heterocycles. The van der Waals surface area contributed by atoms with Gasteiger partial charge in [0.05, 0.1) is 9.75 Å². The Morgan fingerprint density at radius 2 is 2.05 bits per heavy atom. The molecule has 2 aromatic heterocycles. The van der Waals surface area contributed by atoms with Crippen LogP contribution in [-0.4, -0.2) is 22.5 Å². The number of carboxylic acid groups (broad SMARTS) is 1. The van der Waals surface area contributed by atoms with E-state index in [0.29, 0.717) is 17.1 Å². The van der Waals surface area contributed by atoms with Gasteiger partial charge in [-0.05, 0) is 44.5 Å². The van der Waals surface area contributed by atoms with Crippen LogP contribution in [0.2, 0.25) is 0 Å². The lowest BCUT2D eigenvalue weighted by Gasteiger charge is -2.24. The lowest BCUT2D eigenvalue weighted by Crippen LogP contribution is -2.51. The number of carbonyl (C=O) groups excluding carboxylic acids is 1. The molecule has 1 unspecified atom stereocenters. The minimum Gasteiger partial charge on any atom is -0.480 e. The van der Waals surface area contributed by atoms with Crippen LogP contribution in [0, 0.1) is 6.92 Å². The second-order valence-corrected chi connectivity index (χ2v) is 6.10. The third-order valence-corrected chi connectivity index (χ3v) is 4.48. The van der Waals surface area contributed by atoms with E-state index in [2.05, 4.69) is 5.32 Å². The van der Waals surface area contributed by atoms with Crippen molar-refractivity contribution >= 4 is 23.2 Å². The van der Waals surface area contributed by atoms with Crippen molar-refractivity contribution in [2.24, 2.45) is 0 Å². The van der Waals surface area contributed by atoms with Crippen LogP contribution in [0.5, 0.6) is 0 Å². The summed E-state index contributed by atoms with van der Waals surface area (Å²) in [6.45, 7) is 5.07. The molecule has 0 spiro atoms. The number of nitrogens with one attached hydrogen (secondary N) is 1. The molecule has 0 aromatic carbocycles. The van der Waals surface area contributed by atoms with E-state index in [0.717, 1.165) is 10.6 Å². The van der Waals surface area contributed by atoms with Gasteiger partial charge in [-0.15, -0.1) is 11.3 Å². The highest BCUT2D eigenvalue weighted by molar-refractivity contribution is 7.17. The summed E-state index contributed by atoms with van der Waals surface area (Å²) in [5.41, 5.74) is -1.26. The van der Waals surface area contributed by atoms with Crippen molar-refractivity contribution in [1.82, 2.24) is 5.32 Å².